The van der Waals surface area contributed by atoms with E-state index in [0.717, 1.165) is 74.5 Å². The summed E-state index contributed by atoms with van der Waals surface area (Å²) in [5.74, 6) is 1.10. The second kappa shape index (κ2) is 9.55. The molecule has 5 nitrogen and oxygen atoms in total. The molecule has 0 unspecified atom stereocenters. The van der Waals surface area contributed by atoms with Crippen LogP contribution in [0.3, 0.4) is 0 Å². The van der Waals surface area contributed by atoms with Gasteiger partial charge in [-0.2, -0.15) is 0 Å². The number of aryl methyl sites for hydroxylation is 5. The van der Waals surface area contributed by atoms with Gasteiger partial charge in [-0.3, -0.25) is 4.90 Å². The lowest BCUT2D eigenvalue weighted by Crippen LogP contribution is -2.26. The molecule has 4 heterocycles. The summed E-state index contributed by atoms with van der Waals surface area (Å²) in [5.41, 5.74) is 12.3. The highest BCUT2D eigenvalue weighted by Crippen LogP contribution is 2.32. The van der Waals surface area contributed by atoms with Crippen molar-refractivity contribution in [1.82, 2.24) is 19.4 Å². The number of anilines is 2. The topological polar surface area (TPSA) is 46.0 Å². The molecule has 5 heteroatoms. The van der Waals surface area contributed by atoms with Crippen molar-refractivity contribution in [3.05, 3.63) is 94.0 Å². The molecular weight excluding hydrogens is 442 g/mol. The molecule has 4 aromatic rings. The highest BCUT2D eigenvalue weighted by atomic mass is 15.1. The summed E-state index contributed by atoms with van der Waals surface area (Å²) in [7, 11) is 0. The zero-order valence-corrected chi connectivity index (χ0v) is 21.6. The second-order valence-corrected chi connectivity index (χ2v) is 10.3. The summed E-state index contributed by atoms with van der Waals surface area (Å²) in [6, 6.07) is 16.0. The average molecular weight is 478 g/mol. The first-order valence-electron chi connectivity index (χ1n) is 13.3. The minimum atomic E-state index is 0.796. The first-order valence-corrected chi connectivity index (χ1v) is 13.3. The van der Waals surface area contributed by atoms with Gasteiger partial charge in [-0.1, -0.05) is 43.3 Å². The fourth-order valence-corrected chi connectivity index (χ4v) is 5.72. The van der Waals surface area contributed by atoms with Crippen LogP contribution in [-0.2, 0) is 32.4 Å². The quantitative estimate of drug-likeness (QED) is 0.345. The van der Waals surface area contributed by atoms with Gasteiger partial charge in [0.2, 0.25) is 0 Å². The minimum absolute atomic E-state index is 0.796. The van der Waals surface area contributed by atoms with Gasteiger partial charge in [0.15, 0.2) is 5.65 Å². The molecule has 0 bridgehead atoms. The van der Waals surface area contributed by atoms with E-state index < -0.39 is 0 Å². The fraction of sp³-hybridized carbons (Fsp3) is 0.355. The number of fused-ring (bicyclic) bond motifs is 3. The normalized spacial score (nSPS) is 15.4. The molecular formula is C31H35N5. The third-order valence-corrected chi connectivity index (χ3v) is 7.58. The Hall–Kier alpha value is -3.44. The largest absolute Gasteiger partial charge is 0.355 e. The smallest absolute Gasteiger partial charge is 0.160 e. The van der Waals surface area contributed by atoms with Gasteiger partial charge in [0.1, 0.15) is 11.3 Å². The first kappa shape index (κ1) is 23.0. The maximum absolute atomic E-state index is 4.93. The van der Waals surface area contributed by atoms with Crippen molar-refractivity contribution in [3.63, 3.8) is 0 Å². The van der Waals surface area contributed by atoms with Crippen molar-refractivity contribution in [3.8, 4) is 0 Å². The number of hydrogen-bond donors (Lipinski definition) is 1. The van der Waals surface area contributed by atoms with Crippen molar-refractivity contribution >= 4 is 22.5 Å². The van der Waals surface area contributed by atoms with Gasteiger partial charge in [-0.05, 0) is 79.1 Å². The van der Waals surface area contributed by atoms with Gasteiger partial charge in [0.25, 0.3) is 0 Å². The Bertz CT molecular complexity index is 1460. The van der Waals surface area contributed by atoms with Crippen molar-refractivity contribution in [1.29, 1.82) is 0 Å². The summed E-state index contributed by atoms with van der Waals surface area (Å²) in [6.45, 7) is 10.4. The summed E-state index contributed by atoms with van der Waals surface area (Å²) < 4.78 is 2.30. The van der Waals surface area contributed by atoms with Crippen molar-refractivity contribution < 1.29 is 0 Å². The van der Waals surface area contributed by atoms with E-state index in [0.29, 0.717) is 0 Å². The lowest BCUT2D eigenvalue weighted by atomic mass is 10.0. The Morgan fingerprint density at radius 1 is 0.861 bits per heavy atom. The Morgan fingerprint density at radius 3 is 2.25 bits per heavy atom. The molecule has 0 amide bonds. The van der Waals surface area contributed by atoms with E-state index in [1.165, 1.54) is 39.2 Å². The maximum Gasteiger partial charge on any atom is 0.160 e. The van der Waals surface area contributed by atoms with Crippen LogP contribution in [0.4, 0.5) is 11.4 Å². The van der Waals surface area contributed by atoms with Crippen molar-refractivity contribution in [2.75, 3.05) is 18.4 Å². The van der Waals surface area contributed by atoms with E-state index in [4.69, 9.17) is 9.97 Å². The van der Waals surface area contributed by atoms with Crippen LogP contribution in [0.1, 0.15) is 52.7 Å². The van der Waals surface area contributed by atoms with Crippen LogP contribution in [-0.4, -0.2) is 32.5 Å². The molecule has 0 aliphatic carbocycles. The van der Waals surface area contributed by atoms with Gasteiger partial charge in [-0.15, -0.1) is 0 Å². The number of nitrogens with one attached hydrogen (secondary N) is 1. The minimum Gasteiger partial charge on any atom is -0.355 e. The number of hydrogen-bond acceptors (Lipinski definition) is 4. The number of nitrogens with zero attached hydrogens (tertiary/aromatic N) is 4. The highest BCUT2D eigenvalue weighted by Gasteiger charge is 2.17. The zero-order chi connectivity index (χ0) is 24.6. The predicted molar refractivity (Wildman–Crippen MR) is 148 cm³/mol. The number of pyridine rings is 1. The molecule has 0 saturated carbocycles. The Labute approximate surface area is 213 Å². The Morgan fingerprint density at radius 2 is 1.58 bits per heavy atom. The van der Waals surface area contributed by atoms with Gasteiger partial charge in [0.05, 0.1) is 6.54 Å². The number of aromatic nitrogens is 3. The summed E-state index contributed by atoms with van der Waals surface area (Å²) in [6.07, 6.45) is 8.74. The summed E-state index contributed by atoms with van der Waals surface area (Å²) in [5, 5.41) is 3.73. The van der Waals surface area contributed by atoms with Crippen LogP contribution >= 0.6 is 0 Å². The highest BCUT2D eigenvalue weighted by molar-refractivity contribution is 5.76. The van der Waals surface area contributed by atoms with E-state index in [1.807, 2.05) is 0 Å². The van der Waals surface area contributed by atoms with Crippen LogP contribution in [0.15, 0.2) is 54.6 Å². The molecule has 184 valence electrons. The van der Waals surface area contributed by atoms with E-state index in [2.05, 4.69) is 90.2 Å². The molecule has 0 spiro atoms. The molecule has 2 aromatic carbocycles. The molecule has 2 aromatic heterocycles. The van der Waals surface area contributed by atoms with Gasteiger partial charge < -0.3 is 9.88 Å². The first-order chi connectivity index (χ1) is 17.6. The van der Waals surface area contributed by atoms with Crippen LogP contribution < -0.4 is 5.32 Å². The molecule has 2 aliphatic rings. The number of imidazole rings is 1. The molecule has 36 heavy (non-hydrogen) atoms. The van der Waals surface area contributed by atoms with Gasteiger partial charge in [0, 0.05) is 43.1 Å². The number of benzene rings is 2. The molecule has 0 radical (unpaired) electrons. The average Bonchev–Trinajstić information content (AvgIpc) is 3.12. The van der Waals surface area contributed by atoms with Gasteiger partial charge in [-0.25, -0.2) is 9.97 Å². The SMILES string of the molecule is CCc1nc2c(C)cc(C)nc2n1Cc1ccc2c(c1)CCc1cc(CN3CC=CCC3)ccc1N2. The van der Waals surface area contributed by atoms with Crippen LogP contribution in [0, 0.1) is 13.8 Å². The summed E-state index contributed by atoms with van der Waals surface area (Å²) >= 11 is 0. The number of rotatable bonds is 5. The lowest BCUT2D eigenvalue weighted by Gasteiger charge is -2.23. The maximum atomic E-state index is 4.93. The summed E-state index contributed by atoms with van der Waals surface area (Å²) in [4.78, 5) is 12.3. The van der Waals surface area contributed by atoms with Crippen LogP contribution in [0.5, 0.6) is 0 Å². The lowest BCUT2D eigenvalue weighted by molar-refractivity contribution is 0.290. The third kappa shape index (κ3) is 4.44. The molecule has 6 rings (SSSR count). The fourth-order valence-electron chi connectivity index (χ4n) is 5.72. The van der Waals surface area contributed by atoms with E-state index in [9.17, 15) is 0 Å². The van der Waals surface area contributed by atoms with Crippen molar-refractivity contribution in [2.45, 2.75) is 59.5 Å². The monoisotopic (exact) mass is 477 g/mol. The Kier molecular flexibility index (Phi) is 6.10. The molecule has 2 aliphatic heterocycles. The second-order valence-electron chi connectivity index (χ2n) is 10.3. The van der Waals surface area contributed by atoms with Crippen LogP contribution in [0.2, 0.25) is 0 Å². The molecule has 0 saturated heterocycles. The zero-order valence-electron chi connectivity index (χ0n) is 21.6. The molecule has 0 fully saturated rings. The van der Waals surface area contributed by atoms with E-state index in [1.54, 1.807) is 0 Å². The Balaban J connectivity index is 1.25. The standard InChI is InChI=1S/C31H35N5/c1-4-29-34-30-21(2)16-22(3)32-31(30)36(29)20-24-9-13-28-26(18-24)11-10-25-17-23(8-12-27(25)33-28)19-35-14-6-5-7-15-35/h5-6,8-9,12-13,16-18,33H,4,7,10-11,14-15,19-20H2,1-3H3. The third-order valence-electron chi connectivity index (χ3n) is 7.58. The molecule has 1 N–H and O–H groups in total. The van der Waals surface area contributed by atoms with E-state index >= 15 is 0 Å². The predicted octanol–water partition coefficient (Wildman–Crippen LogP) is 6.26. The van der Waals surface area contributed by atoms with Crippen LogP contribution in [0.25, 0.3) is 11.2 Å². The molecule has 0 atom stereocenters. The van der Waals surface area contributed by atoms with Crippen molar-refractivity contribution in [2.24, 2.45) is 0 Å². The van der Waals surface area contributed by atoms with E-state index in [-0.39, 0.29) is 0 Å². The van der Waals surface area contributed by atoms with Gasteiger partial charge >= 0.3 is 0 Å².